The van der Waals surface area contributed by atoms with Crippen molar-refractivity contribution in [3.05, 3.63) is 89.5 Å². The van der Waals surface area contributed by atoms with Crippen LogP contribution in [-0.2, 0) is 13.1 Å². The summed E-state index contributed by atoms with van der Waals surface area (Å²) in [6.45, 7) is 2.89. The Balaban J connectivity index is 1.26. The first-order valence-corrected chi connectivity index (χ1v) is 17.2. The molecule has 6 aromatic rings. The van der Waals surface area contributed by atoms with Gasteiger partial charge in [-0.05, 0) is 60.2 Å². The largest absolute Gasteiger partial charge is 0.496 e. The number of ether oxygens (including phenoxy) is 2. The summed E-state index contributed by atoms with van der Waals surface area (Å²) < 4.78 is 41.5. The van der Waals surface area contributed by atoms with E-state index in [9.17, 15) is 8.78 Å². The van der Waals surface area contributed by atoms with Crippen molar-refractivity contribution in [2.45, 2.75) is 64.6 Å². The van der Waals surface area contributed by atoms with Crippen LogP contribution in [0.2, 0.25) is 0 Å². The smallest absolute Gasteiger partial charge is 0.297 e. The summed E-state index contributed by atoms with van der Waals surface area (Å²) in [6, 6.07) is 18.1. The third-order valence-corrected chi connectivity index (χ3v) is 9.92. The minimum Gasteiger partial charge on any atom is -0.496 e. The van der Waals surface area contributed by atoms with E-state index in [0.717, 1.165) is 62.9 Å². The predicted octanol–water partition coefficient (Wildman–Crippen LogP) is 7.94. The molecule has 0 spiro atoms. The van der Waals surface area contributed by atoms with E-state index in [0.29, 0.717) is 40.9 Å². The number of anilines is 2. The van der Waals surface area contributed by atoms with Gasteiger partial charge in [0.1, 0.15) is 17.0 Å². The van der Waals surface area contributed by atoms with E-state index >= 15 is 0 Å². The topological polar surface area (TPSA) is 116 Å². The SMILES string of the molecule is COc1cc(-n2ncc3c(-c4cccc(N(C)c5nc(C(F)F)nc6cc(CNC7CCCCC7)cnc56)c4C)cccc32)cc(OC)c1CN. The fraction of sp³-hybridized carbons (Fsp3) is 0.333. The lowest BCUT2D eigenvalue weighted by atomic mass is 9.95. The Bertz CT molecular complexity index is 2170. The molecule has 0 amide bonds. The Morgan fingerprint density at radius 3 is 2.39 bits per heavy atom. The van der Waals surface area contributed by atoms with E-state index in [4.69, 9.17) is 25.3 Å². The number of benzene rings is 3. The van der Waals surface area contributed by atoms with Gasteiger partial charge in [0.05, 0.1) is 37.1 Å². The lowest BCUT2D eigenvalue weighted by Crippen LogP contribution is -2.30. The summed E-state index contributed by atoms with van der Waals surface area (Å²) in [4.78, 5) is 15.1. The molecule has 3 aromatic carbocycles. The van der Waals surface area contributed by atoms with Gasteiger partial charge in [-0.3, -0.25) is 4.98 Å². The second-order valence-electron chi connectivity index (χ2n) is 13.0. The summed E-state index contributed by atoms with van der Waals surface area (Å²) in [5.41, 5.74) is 13.8. The fourth-order valence-electron chi connectivity index (χ4n) is 7.24. The number of pyridine rings is 1. The van der Waals surface area contributed by atoms with E-state index < -0.39 is 12.2 Å². The maximum Gasteiger partial charge on any atom is 0.297 e. The average Bonchev–Trinajstić information content (AvgIpc) is 3.61. The summed E-state index contributed by atoms with van der Waals surface area (Å²) >= 11 is 0. The molecule has 1 saturated carbocycles. The molecule has 12 heteroatoms. The molecule has 51 heavy (non-hydrogen) atoms. The molecule has 3 aromatic heterocycles. The molecule has 0 atom stereocenters. The van der Waals surface area contributed by atoms with Crippen LogP contribution in [0.3, 0.4) is 0 Å². The van der Waals surface area contributed by atoms with Crippen LogP contribution in [-0.4, -0.2) is 52.0 Å². The molecule has 10 nitrogen and oxygen atoms in total. The number of aromatic nitrogens is 5. The number of methoxy groups -OCH3 is 2. The van der Waals surface area contributed by atoms with Crippen LogP contribution >= 0.6 is 0 Å². The highest BCUT2D eigenvalue weighted by Crippen LogP contribution is 2.39. The van der Waals surface area contributed by atoms with E-state index in [-0.39, 0.29) is 6.54 Å². The van der Waals surface area contributed by atoms with E-state index in [1.807, 2.05) is 78.3 Å². The van der Waals surface area contributed by atoms with E-state index in [1.54, 1.807) is 20.4 Å². The lowest BCUT2D eigenvalue weighted by molar-refractivity contribution is 0.141. The summed E-state index contributed by atoms with van der Waals surface area (Å²) in [6.07, 6.45) is 6.82. The first-order chi connectivity index (χ1) is 24.8. The Labute approximate surface area is 295 Å². The molecular formula is C39H42F2N8O2. The van der Waals surface area contributed by atoms with Crippen molar-refractivity contribution in [1.29, 1.82) is 0 Å². The molecular weight excluding hydrogens is 650 g/mol. The monoisotopic (exact) mass is 692 g/mol. The normalized spacial score (nSPS) is 13.7. The van der Waals surface area contributed by atoms with E-state index in [1.165, 1.54) is 19.3 Å². The summed E-state index contributed by atoms with van der Waals surface area (Å²) in [5.74, 6) is 1.03. The number of halogens is 2. The summed E-state index contributed by atoms with van der Waals surface area (Å²) in [7, 11) is 5.03. The molecule has 3 N–H and O–H groups in total. The van der Waals surface area contributed by atoms with Gasteiger partial charge in [-0.1, -0.05) is 43.5 Å². The molecule has 0 bridgehead atoms. The third kappa shape index (κ3) is 6.57. The number of nitrogens with zero attached hydrogens (tertiary/aromatic N) is 6. The second-order valence-corrected chi connectivity index (χ2v) is 13.0. The standard InChI is InChI=1S/C39H42F2N8O2/c1-23-27(28-13-9-15-33-30(28)22-45-49(33)26-17-34(50-3)29(19-42)35(18-26)51-4)12-8-14-32(23)48(2)39-36-31(46-38(47-39)37(40)41)16-24(21-44-36)20-43-25-10-6-5-7-11-25/h8-9,12-18,21-22,25,37,43H,5-7,10-11,19-20,42H2,1-4H3. The molecule has 0 radical (unpaired) electrons. The van der Waals surface area contributed by atoms with Crippen LogP contribution in [0.5, 0.6) is 11.5 Å². The zero-order chi connectivity index (χ0) is 35.6. The Morgan fingerprint density at radius 1 is 0.961 bits per heavy atom. The number of fused-ring (bicyclic) bond motifs is 2. The number of hydrogen-bond donors (Lipinski definition) is 2. The Hall–Kier alpha value is -5.20. The van der Waals surface area contributed by atoms with Gasteiger partial charge < -0.3 is 25.4 Å². The molecule has 0 saturated heterocycles. The first kappa shape index (κ1) is 34.3. The number of rotatable bonds is 11. The van der Waals surface area contributed by atoms with Crippen LogP contribution < -0.4 is 25.4 Å². The van der Waals surface area contributed by atoms with Crippen molar-refractivity contribution in [2.24, 2.45) is 5.73 Å². The predicted molar refractivity (Wildman–Crippen MR) is 196 cm³/mol. The third-order valence-electron chi connectivity index (χ3n) is 9.92. The minimum absolute atomic E-state index is 0.268. The van der Waals surface area contributed by atoms with Crippen molar-refractivity contribution >= 4 is 33.4 Å². The zero-order valence-electron chi connectivity index (χ0n) is 29.3. The van der Waals surface area contributed by atoms with Crippen LogP contribution in [0.15, 0.2) is 67.0 Å². The number of hydrogen-bond acceptors (Lipinski definition) is 9. The van der Waals surface area contributed by atoms with Gasteiger partial charge in [-0.2, -0.15) is 5.10 Å². The van der Waals surface area contributed by atoms with Crippen molar-refractivity contribution in [3.8, 4) is 28.3 Å². The first-order valence-electron chi connectivity index (χ1n) is 17.2. The second kappa shape index (κ2) is 14.6. The van der Waals surface area contributed by atoms with Gasteiger partial charge in [0.25, 0.3) is 6.43 Å². The maximum absolute atomic E-state index is 14.2. The highest BCUT2D eigenvalue weighted by molar-refractivity contribution is 5.98. The van der Waals surface area contributed by atoms with Gasteiger partial charge >= 0.3 is 0 Å². The van der Waals surface area contributed by atoms with Crippen molar-refractivity contribution in [2.75, 3.05) is 26.2 Å². The van der Waals surface area contributed by atoms with Crippen molar-refractivity contribution in [3.63, 3.8) is 0 Å². The van der Waals surface area contributed by atoms with Gasteiger partial charge in [-0.15, -0.1) is 0 Å². The van der Waals surface area contributed by atoms with Crippen LogP contribution in [0.1, 0.15) is 61.0 Å². The highest BCUT2D eigenvalue weighted by Gasteiger charge is 2.23. The van der Waals surface area contributed by atoms with E-state index in [2.05, 4.69) is 21.4 Å². The minimum atomic E-state index is -2.83. The van der Waals surface area contributed by atoms with Crippen LogP contribution in [0.4, 0.5) is 20.3 Å². The van der Waals surface area contributed by atoms with Crippen LogP contribution in [0, 0.1) is 6.92 Å². The molecule has 1 aliphatic rings. The molecule has 0 aliphatic heterocycles. The summed E-state index contributed by atoms with van der Waals surface area (Å²) in [5, 5.41) is 9.30. The molecule has 1 aliphatic carbocycles. The molecule has 3 heterocycles. The quantitative estimate of drug-likeness (QED) is 0.140. The van der Waals surface area contributed by atoms with Gasteiger partial charge in [0.2, 0.25) is 0 Å². The number of nitrogens with two attached hydrogens (primary N) is 1. The lowest BCUT2D eigenvalue weighted by Gasteiger charge is -2.24. The number of nitrogens with one attached hydrogen (secondary N) is 1. The van der Waals surface area contributed by atoms with Crippen molar-refractivity contribution in [1.82, 2.24) is 30.0 Å². The molecule has 7 rings (SSSR count). The van der Waals surface area contributed by atoms with Crippen molar-refractivity contribution < 1.29 is 18.3 Å². The molecule has 1 fully saturated rings. The van der Waals surface area contributed by atoms with Crippen LogP contribution in [0.25, 0.3) is 38.8 Å². The Morgan fingerprint density at radius 2 is 1.69 bits per heavy atom. The average molecular weight is 693 g/mol. The van der Waals surface area contributed by atoms with Gasteiger partial charge in [0, 0.05) is 61.1 Å². The van der Waals surface area contributed by atoms with Gasteiger partial charge in [0.15, 0.2) is 11.6 Å². The Kier molecular flexibility index (Phi) is 9.79. The highest BCUT2D eigenvalue weighted by atomic mass is 19.3. The zero-order valence-corrected chi connectivity index (χ0v) is 29.3. The molecule has 0 unspecified atom stereocenters. The number of alkyl halides is 2. The fourth-order valence-corrected chi connectivity index (χ4v) is 7.24. The van der Waals surface area contributed by atoms with Gasteiger partial charge in [-0.25, -0.2) is 23.4 Å². The maximum atomic E-state index is 14.2. The molecule has 264 valence electrons.